The molecule has 1 aliphatic heterocycles. The third-order valence-electron chi connectivity index (χ3n) is 3.61. The summed E-state index contributed by atoms with van der Waals surface area (Å²) in [5, 5.41) is 2.85. The highest BCUT2D eigenvalue weighted by atomic mass is 16.5. The number of amides is 1. The Bertz CT molecular complexity index is 520. The zero-order valence-corrected chi connectivity index (χ0v) is 12.8. The second-order valence-corrected chi connectivity index (χ2v) is 5.74. The normalized spacial score (nSPS) is 25.4. The first-order valence-electron chi connectivity index (χ1n) is 7.34. The Hall–Kier alpha value is -1.72. The molecule has 0 radical (unpaired) electrons. The zero-order chi connectivity index (χ0) is 15.4. The van der Waals surface area contributed by atoms with Crippen molar-refractivity contribution in [3.05, 3.63) is 29.8 Å². The fourth-order valence-electron chi connectivity index (χ4n) is 2.85. The predicted octanol–water partition coefficient (Wildman–Crippen LogP) is 0.520. The van der Waals surface area contributed by atoms with E-state index in [4.69, 9.17) is 4.74 Å². The molecule has 2 N–H and O–H groups in total. The first kappa shape index (κ1) is 15.7. The number of Topliss-reactive ketones (excluding diaryl/α,β-unsaturated/α-hetero) is 1. The molecule has 1 saturated heterocycles. The van der Waals surface area contributed by atoms with Crippen LogP contribution in [0.25, 0.3) is 0 Å². The van der Waals surface area contributed by atoms with Gasteiger partial charge >= 0.3 is 0 Å². The number of para-hydroxylation sites is 1. The van der Waals surface area contributed by atoms with E-state index in [1.807, 2.05) is 19.9 Å². The van der Waals surface area contributed by atoms with E-state index in [9.17, 15) is 9.59 Å². The number of hydrogen-bond acceptors (Lipinski definition) is 3. The molecule has 21 heavy (non-hydrogen) atoms. The fourth-order valence-corrected chi connectivity index (χ4v) is 2.85. The highest BCUT2D eigenvalue weighted by molar-refractivity contribution is 6.03. The number of nitrogens with one attached hydrogen (secondary N) is 2. The summed E-state index contributed by atoms with van der Waals surface area (Å²) in [6.45, 7) is 7.60. The average molecular weight is 291 g/mol. The van der Waals surface area contributed by atoms with Crippen molar-refractivity contribution < 1.29 is 19.2 Å². The molecule has 2 atom stereocenters. The van der Waals surface area contributed by atoms with Crippen LogP contribution in [0.3, 0.4) is 0 Å². The number of carbonyl (C=O) groups excluding carboxylic acids is 2. The molecule has 1 aromatic rings. The van der Waals surface area contributed by atoms with Crippen molar-refractivity contribution in [2.24, 2.45) is 0 Å². The number of carbonyl (C=O) groups is 2. The quantitative estimate of drug-likeness (QED) is 0.795. The molecule has 0 saturated carbocycles. The molecule has 1 heterocycles. The van der Waals surface area contributed by atoms with E-state index in [1.165, 1.54) is 11.8 Å². The minimum atomic E-state index is -0.0694. The molecule has 1 aromatic carbocycles. The summed E-state index contributed by atoms with van der Waals surface area (Å²) in [5.41, 5.74) is 1.13. The third kappa shape index (κ3) is 4.37. The second-order valence-electron chi connectivity index (χ2n) is 5.74. The summed E-state index contributed by atoms with van der Waals surface area (Å²) in [7, 11) is 0. The number of morpholine rings is 1. The van der Waals surface area contributed by atoms with Crippen molar-refractivity contribution in [3.63, 3.8) is 0 Å². The first-order chi connectivity index (χ1) is 9.95. The van der Waals surface area contributed by atoms with Crippen LogP contribution in [0, 0.1) is 0 Å². The predicted molar refractivity (Wildman–Crippen MR) is 80.6 cm³/mol. The molecule has 5 heteroatoms. The molecule has 1 amide bonds. The molecular formula is C16H23N2O3+. The van der Waals surface area contributed by atoms with Gasteiger partial charge in [-0.1, -0.05) is 12.1 Å². The molecule has 2 rings (SSSR count). The summed E-state index contributed by atoms with van der Waals surface area (Å²) in [6.07, 6.45) is 0.335. The second kappa shape index (κ2) is 6.83. The standard InChI is InChI=1S/C16H22N2O3/c1-11-8-18(9-12(2)21-11)10-16(20)17-15-7-5-4-6-14(15)13(3)19/h4-7,11-12H,8-10H2,1-3H3,(H,17,20)/p+1/t11-,12-/m0/s1. The highest BCUT2D eigenvalue weighted by Gasteiger charge is 2.27. The minimum absolute atomic E-state index is 0.0492. The van der Waals surface area contributed by atoms with Crippen molar-refractivity contribution in [2.75, 3.05) is 25.0 Å². The lowest BCUT2D eigenvalue weighted by Crippen LogP contribution is -3.16. The van der Waals surface area contributed by atoms with Crippen LogP contribution < -0.4 is 10.2 Å². The molecule has 5 nitrogen and oxygen atoms in total. The summed E-state index contributed by atoms with van der Waals surface area (Å²) in [6, 6.07) is 7.09. The maximum Gasteiger partial charge on any atom is 0.279 e. The molecule has 114 valence electrons. The van der Waals surface area contributed by atoms with Crippen LogP contribution in [0.5, 0.6) is 0 Å². The molecule has 0 aliphatic carbocycles. The number of ether oxygens (including phenoxy) is 1. The number of quaternary nitrogens is 1. The van der Waals surface area contributed by atoms with E-state index < -0.39 is 0 Å². The third-order valence-corrected chi connectivity index (χ3v) is 3.61. The van der Waals surface area contributed by atoms with Gasteiger partial charge in [0.25, 0.3) is 5.91 Å². The van der Waals surface area contributed by atoms with Crippen LogP contribution in [0.1, 0.15) is 31.1 Å². The van der Waals surface area contributed by atoms with Gasteiger partial charge in [-0.15, -0.1) is 0 Å². The van der Waals surface area contributed by atoms with Gasteiger partial charge in [0.15, 0.2) is 12.3 Å². The van der Waals surface area contributed by atoms with Crippen LogP contribution in [0.2, 0.25) is 0 Å². The van der Waals surface area contributed by atoms with E-state index in [0.717, 1.165) is 13.1 Å². The van der Waals surface area contributed by atoms with Gasteiger partial charge in [0, 0.05) is 5.56 Å². The zero-order valence-electron chi connectivity index (χ0n) is 12.8. The lowest BCUT2D eigenvalue weighted by Gasteiger charge is -2.31. The fraction of sp³-hybridized carbons (Fsp3) is 0.500. The van der Waals surface area contributed by atoms with Crippen LogP contribution in [-0.2, 0) is 9.53 Å². The van der Waals surface area contributed by atoms with E-state index in [1.54, 1.807) is 18.2 Å². The lowest BCUT2D eigenvalue weighted by atomic mass is 10.1. The van der Waals surface area contributed by atoms with Crippen molar-refractivity contribution in [1.29, 1.82) is 0 Å². The Morgan fingerprint density at radius 1 is 1.24 bits per heavy atom. The van der Waals surface area contributed by atoms with Gasteiger partial charge in [-0.2, -0.15) is 0 Å². The molecular weight excluding hydrogens is 268 g/mol. The van der Waals surface area contributed by atoms with Crippen molar-refractivity contribution in [2.45, 2.75) is 33.0 Å². The van der Waals surface area contributed by atoms with Gasteiger partial charge in [0.05, 0.1) is 5.69 Å². The van der Waals surface area contributed by atoms with Crippen molar-refractivity contribution in [1.82, 2.24) is 0 Å². The summed E-state index contributed by atoms with van der Waals surface area (Å²) >= 11 is 0. The smallest absolute Gasteiger partial charge is 0.279 e. The maximum absolute atomic E-state index is 12.2. The topological polar surface area (TPSA) is 59.8 Å². The SMILES string of the molecule is CC(=O)c1ccccc1NC(=O)C[NH+]1C[C@H](C)O[C@@H](C)C1. The van der Waals surface area contributed by atoms with Crippen LogP contribution in [-0.4, -0.2) is 43.5 Å². The molecule has 0 bridgehead atoms. The van der Waals surface area contributed by atoms with E-state index in [0.29, 0.717) is 17.8 Å². The maximum atomic E-state index is 12.2. The Morgan fingerprint density at radius 2 is 1.86 bits per heavy atom. The van der Waals surface area contributed by atoms with E-state index >= 15 is 0 Å². The number of benzene rings is 1. The van der Waals surface area contributed by atoms with Crippen LogP contribution >= 0.6 is 0 Å². The number of rotatable bonds is 4. The van der Waals surface area contributed by atoms with Gasteiger partial charge < -0.3 is 15.0 Å². The summed E-state index contributed by atoms with van der Waals surface area (Å²) < 4.78 is 5.67. The number of anilines is 1. The van der Waals surface area contributed by atoms with Gasteiger partial charge in [-0.25, -0.2) is 0 Å². The molecule has 1 fully saturated rings. The summed E-state index contributed by atoms with van der Waals surface area (Å²) in [5.74, 6) is -0.119. The van der Waals surface area contributed by atoms with Gasteiger partial charge in [-0.05, 0) is 32.9 Å². The molecule has 0 unspecified atom stereocenters. The highest BCUT2D eigenvalue weighted by Crippen LogP contribution is 2.15. The molecule has 0 aromatic heterocycles. The number of hydrogen-bond donors (Lipinski definition) is 2. The number of ketones is 1. The van der Waals surface area contributed by atoms with Gasteiger partial charge in [0.1, 0.15) is 25.3 Å². The van der Waals surface area contributed by atoms with Crippen molar-refractivity contribution >= 4 is 17.4 Å². The minimum Gasteiger partial charge on any atom is -0.364 e. The Morgan fingerprint density at radius 3 is 2.48 bits per heavy atom. The molecule has 0 spiro atoms. The average Bonchev–Trinajstić information content (AvgIpc) is 2.37. The summed E-state index contributed by atoms with van der Waals surface area (Å²) in [4.78, 5) is 24.9. The first-order valence-corrected chi connectivity index (χ1v) is 7.34. The lowest BCUT2D eigenvalue weighted by molar-refractivity contribution is -0.907. The molecule has 1 aliphatic rings. The van der Waals surface area contributed by atoms with Gasteiger partial charge in [-0.3, -0.25) is 9.59 Å². The van der Waals surface area contributed by atoms with Crippen LogP contribution in [0.15, 0.2) is 24.3 Å². The van der Waals surface area contributed by atoms with Crippen LogP contribution in [0.4, 0.5) is 5.69 Å². The van der Waals surface area contributed by atoms with E-state index in [-0.39, 0.29) is 23.9 Å². The van der Waals surface area contributed by atoms with E-state index in [2.05, 4.69) is 5.32 Å². The Labute approximate surface area is 125 Å². The Kier molecular flexibility index (Phi) is 5.09. The van der Waals surface area contributed by atoms with Gasteiger partial charge in [0.2, 0.25) is 0 Å². The van der Waals surface area contributed by atoms with Crippen molar-refractivity contribution in [3.8, 4) is 0 Å². The Balaban J connectivity index is 1.97. The monoisotopic (exact) mass is 291 g/mol. The largest absolute Gasteiger partial charge is 0.364 e.